The summed E-state index contributed by atoms with van der Waals surface area (Å²) in [6.07, 6.45) is 0. The summed E-state index contributed by atoms with van der Waals surface area (Å²) in [6, 6.07) is 9.97. The van der Waals surface area contributed by atoms with E-state index in [1.807, 2.05) is 0 Å². The Morgan fingerprint density at radius 2 is 1.86 bits per heavy atom. The van der Waals surface area contributed by atoms with Crippen LogP contribution in [0.25, 0.3) is 0 Å². The van der Waals surface area contributed by atoms with Crippen molar-refractivity contribution in [2.45, 2.75) is 0 Å². The summed E-state index contributed by atoms with van der Waals surface area (Å²) in [5, 5.41) is 5.13. The molecule has 21 heavy (non-hydrogen) atoms. The van der Waals surface area contributed by atoms with Crippen molar-refractivity contribution < 1.29 is 14.0 Å². The van der Waals surface area contributed by atoms with Crippen LogP contribution in [0.5, 0.6) is 0 Å². The highest BCUT2D eigenvalue weighted by Gasteiger charge is 2.12. The number of nitrogens with one attached hydrogen (secondary N) is 2. The lowest BCUT2D eigenvalue weighted by Crippen LogP contribution is -2.18. The lowest BCUT2D eigenvalue weighted by Gasteiger charge is -2.08. The van der Waals surface area contributed by atoms with Crippen molar-refractivity contribution in [3.8, 4) is 0 Å². The van der Waals surface area contributed by atoms with Gasteiger partial charge in [-0.1, -0.05) is 17.7 Å². The van der Waals surface area contributed by atoms with Crippen molar-refractivity contribution >= 4 is 29.1 Å². The van der Waals surface area contributed by atoms with Crippen LogP contribution in [-0.2, 0) is 0 Å². The smallest absolute Gasteiger partial charge is 0.257 e. The standard InChI is InChI=1S/C15H12ClFN2O2/c1-18-14(20)9-3-2-4-11(7-9)19-15(21)12-6-5-10(17)8-13(12)16/h2-8H,1H3,(H,18,20)(H,19,21). The summed E-state index contributed by atoms with van der Waals surface area (Å²) in [5.41, 5.74) is 1.02. The van der Waals surface area contributed by atoms with E-state index in [1.54, 1.807) is 18.2 Å². The predicted octanol–water partition coefficient (Wildman–Crippen LogP) is 3.09. The molecule has 2 N–H and O–H groups in total. The van der Waals surface area contributed by atoms with Gasteiger partial charge in [-0.05, 0) is 36.4 Å². The van der Waals surface area contributed by atoms with Crippen molar-refractivity contribution in [1.29, 1.82) is 0 Å². The average Bonchev–Trinajstić information content (AvgIpc) is 2.46. The van der Waals surface area contributed by atoms with Crippen LogP contribution in [0, 0.1) is 5.82 Å². The molecule has 0 bridgehead atoms. The summed E-state index contributed by atoms with van der Waals surface area (Å²) in [7, 11) is 1.52. The zero-order valence-corrected chi connectivity index (χ0v) is 11.9. The SMILES string of the molecule is CNC(=O)c1cccc(NC(=O)c2ccc(F)cc2Cl)c1. The molecule has 0 unspecified atom stereocenters. The van der Waals surface area contributed by atoms with Crippen LogP contribution in [0.3, 0.4) is 0 Å². The fourth-order valence-corrected chi connectivity index (χ4v) is 2.01. The third-order valence-electron chi connectivity index (χ3n) is 2.79. The first-order valence-corrected chi connectivity index (χ1v) is 6.47. The number of carbonyl (C=O) groups is 2. The number of anilines is 1. The highest BCUT2D eigenvalue weighted by Crippen LogP contribution is 2.19. The van der Waals surface area contributed by atoms with Crippen LogP contribution in [0.2, 0.25) is 5.02 Å². The van der Waals surface area contributed by atoms with Crippen molar-refractivity contribution in [2.24, 2.45) is 0 Å². The first-order valence-electron chi connectivity index (χ1n) is 6.10. The van der Waals surface area contributed by atoms with Crippen LogP contribution in [0.1, 0.15) is 20.7 Å². The number of amides is 2. The molecule has 0 radical (unpaired) electrons. The van der Waals surface area contributed by atoms with E-state index >= 15 is 0 Å². The summed E-state index contributed by atoms with van der Waals surface area (Å²) in [4.78, 5) is 23.6. The minimum Gasteiger partial charge on any atom is -0.355 e. The maximum atomic E-state index is 13.0. The summed E-state index contributed by atoms with van der Waals surface area (Å²) in [6.45, 7) is 0. The number of carbonyl (C=O) groups excluding carboxylic acids is 2. The molecule has 4 nitrogen and oxygen atoms in total. The Balaban J connectivity index is 2.21. The third-order valence-corrected chi connectivity index (χ3v) is 3.10. The molecule has 2 aromatic rings. The molecule has 2 aromatic carbocycles. The van der Waals surface area contributed by atoms with Crippen molar-refractivity contribution in [3.63, 3.8) is 0 Å². The molecule has 108 valence electrons. The van der Waals surface area contributed by atoms with Gasteiger partial charge in [0.1, 0.15) is 5.82 Å². The monoisotopic (exact) mass is 306 g/mol. The molecule has 0 heterocycles. The van der Waals surface area contributed by atoms with Gasteiger partial charge in [0, 0.05) is 18.3 Å². The number of rotatable bonds is 3. The molecule has 0 aliphatic rings. The zero-order chi connectivity index (χ0) is 15.4. The molecule has 0 aliphatic carbocycles. The fourth-order valence-electron chi connectivity index (χ4n) is 1.75. The van der Waals surface area contributed by atoms with Crippen molar-refractivity contribution in [3.05, 3.63) is 64.4 Å². The summed E-state index contributed by atoms with van der Waals surface area (Å²) < 4.78 is 13.0. The molecule has 0 fully saturated rings. The van der Waals surface area contributed by atoms with E-state index < -0.39 is 11.7 Å². The van der Waals surface area contributed by atoms with Crippen LogP contribution < -0.4 is 10.6 Å². The van der Waals surface area contributed by atoms with Gasteiger partial charge in [-0.25, -0.2) is 4.39 Å². The van der Waals surface area contributed by atoms with E-state index in [9.17, 15) is 14.0 Å². The van der Waals surface area contributed by atoms with Crippen LogP contribution in [0.15, 0.2) is 42.5 Å². The highest BCUT2D eigenvalue weighted by atomic mass is 35.5. The zero-order valence-electron chi connectivity index (χ0n) is 11.1. The summed E-state index contributed by atoms with van der Waals surface area (Å²) >= 11 is 5.83. The van der Waals surface area contributed by atoms with E-state index in [4.69, 9.17) is 11.6 Å². The molecule has 0 spiro atoms. The Bertz CT molecular complexity index is 704. The van der Waals surface area contributed by atoms with E-state index in [1.165, 1.54) is 19.2 Å². The van der Waals surface area contributed by atoms with Gasteiger partial charge in [-0.2, -0.15) is 0 Å². The van der Waals surface area contributed by atoms with Crippen molar-refractivity contribution in [2.75, 3.05) is 12.4 Å². The Hall–Kier alpha value is -2.40. The van der Waals surface area contributed by atoms with Gasteiger partial charge in [0.15, 0.2) is 0 Å². The lowest BCUT2D eigenvalue weighted by molar-refractivity contribution is 0.0961. The van der Waals surface area contributed by atoms with Crippen LogP contribution in [0.4, 0.5) is 10.1 Å². The summed E-state index contributed by atoms with van der Waals surface area (Å²) in [5.74, 6) is -1.25. The maximum absolute atomic E-state index is 13.0. The number of hydrogen-bond acceptors (Lipinski definition) is 2. The first kappa shape index (κ1) is 15.0. The van der Waals surface area contributed by atoms with Gasteiger partial charge in [0.25, 0.3) is 11.8 Å². The molecular weight excluding hydrogens is 295 g/mol. The van der Waals surface area contributed by atoms with Crippen LogP contribution >= 0.6 is 11.6 Å². The molecule has 0 saturated heterocycles. The predicted molar refractivity (Wildman–Crippen MR) is 79.2 cm³/mol. The molecule has 6 heteroatoms. The maximum Gasteiger partial charge on any atom is 0.257 e. The highest BCUT2D eigenvalue weighted by molar-refractivity contribution is 6.34. The molecule has 2 rings (SSSR count). The number of hydrogen-bond donors (Lipinski definition) is 2. The van der Waals surface area contributed by atoms with Crippen LogP contribution in [-0.4, -0.2) is 18.9 Å². The molecule has 0 saturated carbocycles. The van der Waals surface area contributed by atoms with Gasteiger partial charge < -0.3 is 10.6 Å². The fraction of sp³-hybridized carbons (Fsp3) is 0.0667. The molecule has 0 atom stereocenters. The van der Waals surface area contributed by atoms with Gasteiger partial charge in [0.2, 0.25) is 0 Å². The number of halogens is 2. The molecular formula is C15H12ClFN2O2. The number of benzene rings is 2. The van der Waals surface area contributed by atoms with Crippen molar-refractivity contribution in [1.82, 2.24) is 5.32 Å². The van der Waals surface area contributed by atoms with Gasteiger partial charge in [0.05, 0.1) is 10.6 Å². The Morgan fingerprint density at radius 3 is 2.52 bits per heavy atom. The second-order valence-corrected chi connectivity index (χ2v) is 4.65. The molecule has 0 aromatic heterocycles. The van der Waals surface area contributed by atoms with E-state index in [0.29, 0.717) is 11.3 Å². The van der Waals surface area contributed by atoms with Gasteiger partial charge >= 0.3 is 0 Å². The minimum absolute atomic E-state index is 0.0231. The first-order chi connectivity index (χ1) is 10.0. The van der Waals surface area contributed by atoms with E-state index in [2.05, 4.69) is 10.6 Å². The topological polar surface area (TPSA) is 58.2 Å². The quantitative estimate of drug-likeness (QED) is 0.915. The molecule has 2 amide bonds. The average molecular weight is 307 g/mol. The Kier molecular flexibility index (Phi) is 4.55. The second kappa shape index (κ2) is 6.37. The molecule has 0 aliphatic heterocycles. The van der Waals surface area contributed by atoms with E-state index in [0.717, 1.165) is 12.1 Å². The van der Waals surface area contributed by atoms with Gasteiger partial charge in [-0.3, -0.25) is 9.59 Å². The normalized spacial score (nSPS) is 10.0. The Labute approximate surface area is 125 Å². The van der Waals surface area contributed by atoms with Gasteiger partial charge in [-0.15, -0.1) is 0 Å². The Morgan fingerprint density at radius 1 is 1.10 bits per heavy atom. The third kappa shape index (κ3) is 3.58. The second-order valence-electron chi connectivity index (χ2n) is 4.24. The van der Waals surface area contributed by atoms with E-state index in [-0.39, 0.29) is 16.5 Å². The largest absolute Gasteiger partial charge is 0.355 e. The minimum atomic E-state index is -0.516. The lowest BCUT2D eigenvalue weighted by atomic mass is 10.1.